The number of rotatable bonds is 11. The van der Waals surface area contributed by atoms with Gasteiger partial charge in [0.05, 0.1) is 22.9 Å². The smallest absolute Gasteiger partial charge is 0.341 e. The van der Waals surface area contributed by atoms with E-state index in [-0.39, 0.29) is 40.0 Å². The van der Waals surface area contributed by atoms with Gasteiger partial charge in [-0.05, 0) is 91.6 Å². The van der Waals surface area contributed by atoms with Gasteiger partial charge in [-0.25, -0.2) is 9.18 Å². The van der Waals surface area contributed by atoms with E-state index in [4.69, 9.17) is 16.3 Å². The molecule has 1 aliphatic carbocycles. The first-order valence-corrected chi connectivity index (χ1v) is 18.7. The van der Waals surface area contributed by atoms with Gasteiger partial charge < -0.3 is 20.7 Å². The van der Waals surface area contributed by atoms with Gasteiger partial charge >= 0.3 is 5.97 Å². The zero-order valence-corrected chi connectivity index (χ0v) is 31.1. The Morgan fingerprint density at radius 2 is 1.76 bits per heavy atom. The third-order valence-corrected chi connectivity index (χ3v) is 11.0. The largest absolute Gasteiger partial charge is 0.462 e. The zero-order valence-electron chi connectivity index (χ0n) is 28.7. The second-order valence-electron chi connectivity index (χ2n) is 13.1. The van der Waals surface area contributed by atoms with Gasteiger partial charge in [-0.1, -0.05) is 62.7 Å². The van der Waals surface area contributed by atoms with Gasteiger partial charge in [-0.2, -0.15) is 0 Å². The van der Waals surface area contributed by atoms with Gasteiger partial charge in [-0.15, -0.1) is 23.1 Å². The highest BCUT2D eigenvalue weighted by Crippen LogP contribution is 2.44. The molecule has 0 spiro atoms. The molecule has 3 aromatic carbocycles. The van der Waals surface area contributed by atoms with Gasteiger partial charge in [0.25, 0.3) is 11.8 Å². The maximum absolute atomic E-state index is 14.7. The minimum Gasteiger partial charge on any atom is -0.462 e. The van der Waals surface area contributed by atoms with E-state index in [0.717, 1.165) is 29.7 Å². The number of esters is 1. The molecule has 8 nitrogen and oxygen atoms in total. The lowest BCUT2D eigenvalue weighted by Gasteiger charge is -2.33. The number of ether oxygens (including phenoxy) is 1. The molecule has 5 rings (SSSR count). The molecule has 0 aliphatic heterocycles. The molecule has 3 amide bonds. The van der Waals surface area contributed by atoms with Crippen LogP contribution in [0.3, 0.4) is 0 Å². The summed E-state index contributed by atoms with van der Waals surface area (Å²) in [6, 6.07) is 19.3. The normalized spacial score (nSPS) is 14.3. The van der Waals surface area contributed by atoms with Gasteiger partial charge in [0.15, 0.2) is 0 Å². The van der Waals surface area contributed by atoms with E-state index < -0.39 is 23.6 Å². The van der Waals surface area contributed by atoms with Gasteiger partial charge in [0.2, 0.25) is 5.91 Å². The van der Waals surface area contributed by atoms with Crippen LogP contribution in [0.4, 0.5) is 15.1 Å². The lowest BCUT2D eigenvalue weighted by atomic mass is 9.72. The summed E-state index contributed by atoms with van der Waals surface area (Å²) < 4.78 is 20.1. The quantitative estimate of drug-likeness (QED) is 0.0802. The number of fused-ring (bicyclic) bond motifs is 1. The van der Waals surface area contributed by atoms with Crippen LogP contribution in [0.25, 0.3) is 6.08 Å². The number of amides is 3. The molecule has 0 fully saturated rings. The summed E-state index contributed by atoms with van der Waals surface area (Å²) in [5, 5.41) is 8.85. The molecule has 1 heterocycles. The van der Waals surface area contributed by atoms with Gasteiger partial charge in [0.1, 0.15) is 16.5 Å². The van der Waals surface area contributed by atoms with Crippen LogP contribution in [0, 0.1) is 17.2 Å². The Labute approximate surface area is 310 Å². The van der Waals surface area contributed by atoms with Crippen LogP contribution < -0.4 is 16.0 Å². The SMILES string of the molecule is CCOC(=O)c1c(NC(=O)CSc2cccc(NC(=O)/C(=C\c3c(F)cccc3Cl)NC(=O)c3ccccc3)c2)sc2c1CCC(C(C)(C)C)C2. The van der Waals surface area contributed by atoms with E-state index in [1.807, 2.05) is 0 Å². The number of carbonyl (C=O) groups is 4. The van der Waals surface area contributed by atoms with Crippen molar-refractivity contribution in [3.05, 3.63) is 116 Å². The molecule has 4 aromatic rings. The van der Waals surface area contributed by atoms with Gasteiger partial charge in [0, 0.05) is 26.6 Å². The molecule has 1 atom stereocenters. The summed E-state index contributed by atoms with van der Waals surface area (Å²) in [6.07, 6.45) is 3.75. The molecule has 266 valence electrons. The average Bonchev–Trinajstić information content (AvgIpc) is 3.45. The number of benzene rings is 3. The molecule has 0 bridgehead atoms. The topological polar surface area (TPSA) is 114 Å². The fraction of sp³-hybridized carbons (Fsp3) is 0.282. The van der Waals surface area contributed by atoms with Crippen molar-refractivity contribution in [2.75, 3.05) is 23.0 Å². The van der Waals surface area contributed by atoms with E-state index in [9.17, 15) is 23.6 Å². The number of halogens is 2. The van der Waals surface area contributed by atoms with Crippen molar-refractivity contribution in [3.8, 4) is 0 Å². The Morgan fingerprint density at radius 3 is 2.47 bits per heavy atom. The second-order valence-corrected chi connectivity index (χ2v) is 15.6. The van der Waals surface area contributed by atoms with Crippen LogP contribution in [-0.2, 0) is 27.2 Å². The van der Waals surface area contributed by atoms with E-state index in [1.165, 1.54) is 47.4 Å². The van der Waals surface area contributed by atoms with E-state index in [0.29, 0.717) is 32.6 Å². The fourth-order valence-corrected chi connectivity index (χ4v) is 8.05. The molecular formula is C39H39ClFN3O5S2. The first-order chi connectivity index (χ1) is 24.3. The van der Waals surface area contributed by atoms with Crippen LogP contribution in [0.5, 0.6) is 0 Å². The Balaban J connectivity index is 1.29. The van der Waals surface area contributed by atoms with E-state index in [2.05, 4.69) is 36.7 Å². The number of nitrogens with one attached hydrogen (secondary N) is 3. The second kappa shape index (κ2) is 16.7. The highest BCUT2D eigenvalue weighted by atomic mass is 35.5. The molecule has 1 unspecified atom stereocenters. The van der Waals surface area contributed by atoms with Crippen molar-refractivity contribution < 1.29 is 28.3 Å². The van der Waals surface area contributed by atoms with E-state index >= 15 is 0 Å². The Bertz CT molecular complexity index is 1950. The molecular weight excluding hydrogens is 709 g/mol. The van der Waals surface area contributed by atoms with E-state index in [1.54, 1.807) is 61.5 Å². The van der Waals surface area contributed by atoms with Gasteiger partial charge in [-0.3, -0.25) is 14.4 Å². The predicted molar refractivity (Wildman–Crippen MR) is 203 cm³/mol. The summed E-state index contributed by atoms with van der Waals surface area (Å²) in [6.45, 7) is 8.67. The van der Waals surface area contributed by atoms with Crippen LogP contribution in [0.1, 0.15) is 70.8 Å². The Morgan fingerprint density at radius 1 is 1.02 bits per heavy atom. The monoisotopic (exact) mass is 747 g/mol. The summed E-state index contributed by atoms with van der Waals surface area (Å²) in [5.74, 6) is -2.15. The van der Waals surface area contributed by atoms with Crippen molar-refractivity contribution in [2.45, 2.75) is 51.9 Å². The standard InChI is InChI=1S/C39H39ClFN3O5S2/c1-5-49-38(48)34-27-18-17-24(39(2,3)4)19-32(27)51-37(34)44-33(45)22-50-26-14-9-13-25(20-26)42-36(47)31(21-28-29(40)15-10-16-30(28)41)43-35(46)23-11-7-6-8-12-23/h6-16,20-21,24H,5,17-19,22H2,1-4H3,(H,42,47)(H,43,46)(H,44,45)/b31-21+. The van der Waals surface area contributed by atoms with Crippen LogP contribution in [0.15, 0.2) is 83.4 Å². The highest BCUT2D eigenvalue weighted by molar-refractivity contribution is 8.00. The molecule has 0 saturated carbocycles. The number of thioether (sulfide) groups is 1. The third-order valence-electron chi connectivity index (χ3n) is 8.50. The minimum absolute atomic E-state index is 0.0386. The molecule has 51 heavy (non-hydrogen) atoms. The molecule has 0 saturated heterocycles. The summed E-state index contributed by atoms with van der Waals surface area (Å²) in [4.78, 5) is 54.5. The number of hydrogen-bond donors (Lipinski definition) is 3. The number of anilines is 2. The fourth-order valence-electron chi connectivity index (χ4n) is 5.74. The average molecular weight is 748 g/mol. The maximum Gasteiger partial charge on any atom is 0.341 e. The first-order valence-electron chi connectivity index (χ1n) is 16.5. The predicted octanol–water partition coefficient (Wildman–Crippen LogP) is 9.01. The molecule has 1 aromatic heterocycles. The zero-order chi connectivity index (χ0) is 36.7. The summed E-state index contributed by atoms with van der Waals surface area (Å²) >= 11 is 8.92. The summed E-state index contributed by atoms with van der Waals surface area (Å²) in [5.41, 5.74) is 1.95. The van der Waals surface area contributed by atoms with Crippen LogP contribution in [0.2, 0.25) is 5.02 Å². The van der Waals surface area contributed by atoms with Crippen LogP contribution >= 0.6 is 34.7 Å². The number of hydrogen-bond acceptors (Lipinski definition) is 7. The first kappa shape index (κ1) is 37.8. The summed E-state index contributed by atoms with van der Waals surface area (Å²) in [7, 11) is 0. The Hall–Kier alpha value is -4.45. The van der Waals surface area contributed by atoms with Crippen LogP contribution in [-0.4, -0.2) is 36.1 Å². The molecule has 1 aliphatic rings. The molecule has 0 radical (unpaired) electrons. The Kier molecular flexibility index (Phi) is 12.4. The van der Waals surface area contributed by atoms with Crippen molar-refractivity contribution in [2.24, 2.45) is 11.3 Å². The number of thiophene rings is 1. The minimum atomic E-state index is -0.708. The van der Waals surface area contributed by atoms with Crippen molar-refractivity contribution in [1.29, 1.82) is 0 Å². The lowest BCUT2D eigenvalue weighted by molar-refractivity contribution is -0.114. The van der Waals surface area contributed by atoms with Crippen molar-refractivity contribution >= 4 is 75.2 Å². The maximum atomic E-state index is 14.7. The molecule has 12 heteroatoms. The lowest BCUT2D eigenvalue weighted by Crippen LogP contribution is -2.30. The third kappa shape index (κ3) is 9.66. The highest BCUT2D eigenvalue weighted by Gasteiger charge is 2.34. The molecule has 3 N–H and O–H groups in total. The van der Waals surface area contributed by atoms with Crippen molar-refractivity contribution in [3.63, 3.8) is 0 Å². The number of carbonyl (C=O) groups excluding carboxylic acids is 4. The van der Waals surface area contributed by atoms with Crippen molar-refractivity contribution in [1.82, 2.24) is 5.32 Å².